The second-order valence-electron chi connectivity index (χ2n) is 4.35. The fourth-order valence-corrected chi connectivity index (χ4v) is 1.28. The minimum absolute atomic E-state index is 0.0567. The molecule has 0 aliphatic carbocycles. The number of carbonyl (C=O) groups is 2. The second-order valence-corrected chi connectivity index (χ2v) is 4.35. The van der Waals surface area contributed by atoms with E-state index in [2.05, 4.69) is 5.32 Å². The molecule has 0 heterocycles. The first kappa shape index (κ1) is 13.2. The lowest BCUT2D eigenvalue weighted by molar-refractivity contribution is 0.0688. The van der Waals surface area contributed by atoms with Crippen molar-refractivity contribution in [1.82, 2.24) is 5.32 Å². The van der Waals surface area contributed by atoms with Crippen LogP contribution in [0.25, 0.3) is 0 Å². The standard InChI is InChI=1S/C12H15NO4/c1-12(2,7-14)13-10(15)8-5-3-4-6-9(8)11(16)17/h3-6,14H,7H2,1-2H3,(H,13,15)(H,16,17). The molecule has 0 aliphatic heterocycles. The molecule has 3 N–H and O–H groups in total. The summed E-state index contributed by atoms with van der Waals surface area (Å²) < 4.78 is 0. The van der Waals surface area contributed by atoms with Gasteiger partial charge in [-0.2, -0.15) is 0 Å². The van der Waals surface area contributed by atoms with Crippen molar-refractivity contribution < 1.29 is 19.8 Å². The summed E-state index contributed by atoms with van der Waals surface area (Å²) in [5.74, 6) is -1.67. The van der Waals surface area contributed by atoms with Crippen molar-refractivity contribution in [1.29, 1.82) is 0 Å². The third kappa shape index (κ3) is 3.29. The highest BCUT2D eigenvalue weighted by Crippen LogP contribution is 2.10. The molecule has 1 aromatic carbocycles. The number of aliphatic hydroxyl groups is 1. The zero-order valence-electron chi connectivity index (χ0n) is 9.73. The lowest BCUT2D eigenvalue weighted by Gasteiger charge is -2.23. The van der Waals surface area contributed by atoms with Gasteiger partial charge in [0.15, 0.2) is 0 Å². The number of hydrogen-bond donors (Lipinski definition) is 3. The van der Waals surface area contributed by atoms with Crippen molar-refractivity contribution in [3.63, 3.8) is 0 Å². The van der Waals surface area contributed by atoms with Crippen LogP contribution in [0.4, 0.5) is 0 Å². The number of carbonyl (C=O) groups excluding carboxylic acids is 1. The molecule has 1 aromatic rings. The van der Waals surface area contributed by atoms with Crippen LogP contribution in [-0.4, -0.2) is 34.2 Å². The number of aliphatic hydroxyl groups excluding tert-OH is 1. The van der Waals surface area contributed by atoms with E-state index in [0.29, 0.717) is 0 Å². The van der Waals surface area contributed by atoms with E-state index < -0.39 is 17.4 Å². The number of amides is 1. The molecule has 0 aliphatic rings. The van der Waals surface area contributed by atoms with E-state index in [1.54, 1.807) is 26.0 Å². The Labute approximate surface area is 99.1 Å². The summed E-state index contributed by atoms with van der Waals surface area (Å²) in [7, 11) is 0. The van der Waals surface area contributed by atoms with Gasteiger partial charge in [0.1, 0.15) is 0 Å². The number of carboxylic acids is 1. The minimum atomic E-state index is -1.16. The highest BCUT2D eigenvalue weighted by Gasteiger charge is 2.22. The van der Waals surface area contributed by atoms with Crippen molar-refractivity contribution in [2.24, 2.45) is 0 Å². The van der Waals surface area contributed by atoms with Gasteiger partial charge in [-0.05, 0) is 26.0 Å². The molecule has 0 bridgehead atoms. The maximum Gasteiger partial charge on any atom is 0.336 e. The van der Waals surface area contributed by atoms with Gasteiger partial charge in [0.25, 0.3) is 5.91 Å². The number of hydrogen-bond acceptors (Lipinski definition) is 3. The molecule has 5 nitrogen and oxygen atoms in total. The van der Waals surface area contributed by atoms with Crippen LogP contribution in [0.15, 0.2) is 24.3 Å². The lowest BCUT2D eigenvalue weighted by Crippen LogP contribution is -2.46. The van der Waals surface area contributed by atoms with Crippen LogP contribution in [0.5, 0.6) is 0 Å². The average Bonchev–Trinajstić information content (AvgIpc) is 2.28. The number of carboxylic acid groups (broad SMARTS) is 1. The van der Waals surface area contributed by atoms with E-state index >= 15 is 0 Å². The maximum absolute atomic E-state index is 11.9. The topological polar surface area (TPSA) is 86.6 Å². The molecular weight excluding hydrogens is 222 g/mol. The van der Waals surface area contributed by atoms with Gasteiger partial charge >= 0.3 is 5.97 Å². The highest BCUT2D eigenvalue weighted by molar-refractivity contribution is 6.04. The molecule has 17 heavy (non-hydrogen) atoms. The average molecular weight is 237 g/mol. The van der Waals surface area contributed by atoms with Gasteiger partial charge in [0.2, 0.25) is 0 Å². The molecule has 0 atom stereocenters. The van der Waals surface area contributed by atoms with E-state index in [1.807, 2.05) is 0 Å². The van der Waals surface area contributed by atoms with Crippen LogP contribution in [-0.2, 0) is 0 Å². The molecule has 92 valence electrons. The Hall–Kier alpha value is -1.88. The van der Waals surface area contributed by atoms with E-state index in [9.17, 15) is 9.59 Å². The first-order chi connectivity index (χ1) is 7.87. The Morgan fingerprint density at radius 1 is 1.24 bits per heavy atom. The SMILES string of the molecule is CC(C)(CO)NC(=O)c1ccccc1C(=O)O. The van der Waals surface area contributed by atoms with Gasteiger partial charge in [-0.25, -0.2) is 4.79 Å². The number of benzene rings is 1. The number of aromatic carboxylic acids is 1. The summed E-state index contributed by atoms with van der Waals surface area (Å²) in [5.41, 5.74) is -0.761. The van der Waals surface area contributed by atoms with Crippen molar-refractivity contribution in [2.45, 2.75) is 19.4 Å². The zero-order chi connectivity index (χ0) is 13.1. The fourth-order valence-electron chi connectivity index (χ4n) is 1.28. The first-order valence-electron chi connectivity index (χ1n) is 5.13. The predicted octanol–water partition coefficient (Wildman–Crippen LogP) is 0.886. The minimum Gasteiger partial charge on any atom is -0.478 e. The van der Waals surface area contributed by atoms with Crippen molar-refractivity contribution in [2.75, 3.05) is 6.61 Å². The number of rotatable bonds is 4. The van der Waals surface area contributed by atoms with Crippen molar-refractivity contribution >= 4 is 11.9 Å². The summed E-state index contributed by atoms with van der Waals surface area (Å²) in [4.78, 5) is 22.8. The summed E-state index contributed by atoms with van der Waals surface area (Å²) in [6.45, 7) is 3.07. The van der Waals surface area contributed by atoms with Crippen LogP contribution >= 0.6 is 0 Å². The van der Waals surface area contributed by atoms with Gasteiger partial charge < -0.3 is 15.5 Å². The summed E-state index contributed by atoms with van der Waals surface area (Å²) in [6.07, 6.45) is 0. The Kier molecular flexibility index (Phi) is 3.85. The molecule has 1 rings (SSSR count). The lowest BCUT2D eigenvalue weighted by atomic mass is 10.0. The molecule has 0 spiro atoms. The van der Waals surface area contributed by atoms with Crippen LogP contribution in [0, 0.1) is 0 Å². The first-order valence-corrected chi connectivity index (χ1v) is 5.13. The van der Waals surface area contributed by atoms with E-state index in [1.165, 1.54) is 12.1 Å². The molecular formula is C12H15NO4. The quantitative estimate of drug-likeness (QED) is 0.725. The van der Waals surface area contributed by atoms with Gasteiger partial charge in [-0.1, -0.05) is 12.1 Å². The van der Waals surface area contributed by atoms with Gasteiger partial charge in [0, 0.05) is 0 Å². The molecule has 0 aromatic heterocycles. The molecule has 0 saturated heterocycles. The van der Waals surface area contributed by atoms with Crippen LogP contribution in [0.3, 0.4) is 0 Å². The molecule has 5 heteroatoms. The van der Waals surface area contributed by atoms with E-state index in [4.69, 9.17) is 10.2 Å². The maximum atomic E-state index is 11.9. The predicted molar refractivity (Wildman–Crippen MR) is 62.0 cm³/mol. The highest BCUT2D eigenvalue weighted by atomic mass is 16.4. The van der Waals surface area contributed by atoms with Gasteiger partial charge in [-0.3, -0.25) is 4.79 Å². The third-order valence-corrected chi connectivity index (χ3v) is 2.25. The normalized spacial score (nSPS) is 11.0. The van der Waals surface area contributed by atoms with Crippen molar-refractivity contribution in [3.8, 4) is 0 Å². The Balaban J connectivity index is 3.01. The monoisotopic (exact) mass is 237 g/mol. The molecule has 0 fully saturated rings. The van der Waals surface area contributed by atoms with Crippen LogP contribution < -0.4 is 5.32 Å². The molecule has 0 radical (unpaired) electrons. The summed E-state index contributed by atoms with van der Waals surface area (Å²) in [6, 6.07) is 5.94. The largest absolute Gasteiger partial charge is 0.478 e. The fraction of sp³-hybridized carbons (Fsp3) is 0.333. The second kappa shape index (κ2) is 4.97. The van der Waals surface area contributed by atoms with Crippen molar-refractivity contribution in [3.05, 3.63) is 35.4 Å². The molecule has 1 amide bonds. The van der Waals surface area contributed by atoms with Crippen LogP contribution in [0.2, 0.25) is 0 Å². The Morgan fingerprint density at radius 2 is 1.76 bits per heavy atom. The summed E-state index contributed by atoms with van der Waals surface area (Å²) in [5, 5.41) is 20.5. The Bertz CT molecular complexity index is 440. The molecule has 0 saturated carbocycles. The van der Waals surface area contributed by atoms with Gasteiger partial charge in [0.05, 0.1) is 23.3 Å². The van der Waals surface area contributed by atoms with Crippen LogP contribution in [0.1, 0.15) is 34.6 Å². The third-order valence-electron chi connectivity index (χ3n) is 2.25. The molecule has 0 unspecified atom stereocenters. The number of nitrogens with one attached hydrogen (secondary N) is 1. The zero-order valence-corrected chi connectivity index (χ0v) is 9.73. The van der Waals surface area contributed by atoms with E-state index in [-0.39, 0.29) is 17.7 Å². The smallest absolute Gasteiger partial charge is 0.336 e. The summed E-state index contributed by atoms with van der Waals surface area (Å²) >= 11 is 0. The Morgan fingerprint density at radius 3 is 2.24 bits per heavy atom. The van der Waals surface area contributed by atoms with Gasteiger partial charge in [-0.15, -0.1) is 0 Å². The van der Waals surface area contributed by atoms with E-state index in [0.717, 1.165) is 0 Å².